The van der Waals surface area contributed by atoms with Crippen LogP contribution in [0.5, 0.6) is 5.75 Å². The van der Waals surface area contributed by atoms with Gasteiger partial charge in [-0.05, 0) is 25.1 Å². The Labute approximate surface area is 191 Å². The van der Waals surface area contributed by atoms with Crippen LogP contribution in [-0.4, -0.2) is 58.0 Å². The van der Waals surface area contributed by atoms with Gasteiger partial charge in [-0.3, -0.25) is 14.5 Å². The summed E-state index contributed by atoms with van der Waals surface area (Å²) in [5, 5.41) is 14.5. The number of sulfone groups is 1. The van der Waals surface area contributed by atoms with Crippen LogP contribution in [0.25, 0.3) is 22.3 Å². The van der Waals surface area contributed by atoms with Crippen LogP contribution >= 0.6 is 0 Å². The molecule has 10 heteroatoms. The van der Waals surface area contributed by atoms with Crippen molar-refractivity contribution in [2.24, 2.45) is 5.41 Å². The second kappa shape index (κ2) is 8.49. The Kier molecular flexibility index (Phi) is 6.00. The maximum absolute atomic E-state index is 13.3. The molecule has 1 fully saturated rings. The molecule has 176 valence electrons. The van der Waals surface area contributed by atoms with E-state index in [1.807, 2.05) is 0 Å². The molecule has 1 aliphatic rings. The number of aliphatic hydroxyl groups is 1. The number of nitrogens with zero attached hydrogens (tertiary/aromatic N) is 3. The van der Waals surface area contributed by atoms with Crippen molar-refractivity contribution < 1.29 is 27.4 Å². The van der Waals surface area contributed by atoms with Gasteiger partial charge in [-0.1, -0.05) is 19.1 Å². The minimum absolute atomic E-state index is 0.00142. The number of alkyl halides is 1. The van der Waals surface area contributed by atoms with Gasteiger partial charge >= 0.3 is 0 Å². The summed E-state index contributed by atoms with van der Waals surface area (Å²) >= 11 is 0. The summed E-state index contributed by atoms with van der Waals surface area (Å²) in [6, 6.07) is 8.48. The van der Waals surface area contributed by atoms with Crippen LogP contribution in [-0.2, 0) is 16.4 Å². The average Bonchev–Trinajstić information content (AvgIpc) is 3.03. The molecule has 0 radical (unpaired) electrons. The van der Waals surface area contributed by atoms with Crippen molar-refractivity contribution in [1.82, 2.24) is 14.8 Å². The third-order valence-electron chi connectivity index (χ3n) is 5.48. The van der Waals surface area contributed by atoms with Gasteiger partial charge in [0.05, 0.1) is 29.7 Å². The molecule has 1 aromatic carbocycles. The molecule has 2 aromatic heterocycles. The lowest BCUT2D eigenvalue weighted by atomic mass is 9.86. The number of hydrogen-bond acceptors (Lipinski definition) is 7. The number of rotatable bonds is 8. The fourth-order valence-corrected chi connectivity index (χ4v) is 6.55. The number of ketones is 1. The zero-order chi connectivity index (χ0) is 24.0. The fraction of sp³-hybridized carbons (Fsp3) is 0.435. The van der Waals surface area contributed by atoms with Gasteiger partial charge in [0.2, 0.25) is 6.36 Å². The Morgan fingerprint density at radius 1 is 1.30 bits per heavy atom. The van der Waals surface area contributed by atoms with E-state index in [1.54, 1.807) is 48.9 Å². The van der Waals surface area contributed by atoms with Crippen molar-refractivity contribution in [1.29, 1.82) is 0 Å². The molecule has 4 rings (SSSR count). The number of aromatic nitrogens is 3. The molecule has 1 unspecified atom stereocenters. The molecule has 1 saturated heterocycles. The largest absolute Gasteiger partial charge is 0.461 e. The van der Waals surface area contributed by atoms with Crippen molar-refractivity contribution in [3.63, 3.8) is 0 Å². The Bertz CT molecular complexity index is 1300. The Morgan fingerprint density at radius 2 is 2.03 bits per heavy atom. The SMILES string of the molecule is CC(F)Oc1cccc(-c2nn(C[C@@H](C)O)c3cc(C(=O)CC4(C)CS(=O)(=O)C4)cnc23)c1. The first kappa shape index (κ1) is 23.3. The lowest BCUT2D eigenvalue weighted by Gasteiger charge is -2.37. The van der Waals surface area contributed by atoms with Crippen molar-refractivity contribution in [3.05, 3.63) is 42.1 Å². The van der Waals surface area contributed by atoms with E-state index in [4.69, 9.17) is 4.74 Å². The highest BCUT2D eigenvalue weighted by atomic mass is 32.2. The summed E-state index contributed by atoms with van der Waals surface area (Å²) in [5.74, 6) is 0.153. The Hall–Kier alpha value is -2.85. The number of Topliss-reactive ketones (excluding diaryl/α,β-unsaturated/α-hetero) is 1. The monoisotopic (exact) mass is 475 g/mol. The molecular weight excluding hydrogens is 449 g/mol. The van der Waals surface area contributed by atoms with Crippen LogP contribution in [0, 0.1) is 5.41 Å². The maximum atomic E-state index is 13.3. The number of carbonyl (C=O) groups is 1. The van der Waals surface area contributed by atoms with E-state index in [0.29, 0.717) is 33.6 Å². The zero-order valence-electron chi connectivity index (χ0n) is 18.7. The highest BCUT2D eigenvalue weighted by Crippen LogP contribution is 2.37. The van der Waals surface area contributed by atoms with Gasteiger partial charge in [-0.2, -0.15) is 5.10 Å². The molecule has 8 nitrogen and oxygen atoms in total. The van der Waals surface area contributed by atoms with E-state index < -0.39 is 27.7 Å². The maximum Gasteiger partial charge on any atom is 0.235 e. The predicted molar refractivity (Wildman–Crippen MR) is 122 cm³/mol. The molecule has 33 heavy (non-hydrogen) atoms. The molecule has 1 N–H and O–H groups in total. The van der Waals surface area contributed by atoms with Crippen molar-refractivity contribution in [2.75, 3.05) is 11.5 Å². The first-order valence-corrected chi connectivity index (χ1v) is 12.5. The van der Waals surface area contributed by atoms with E-state index in [1.165, 1.54) is 13.1 Å². The first-order valence-electron chi connectivity index (χ1n) is 10.6. The number of pyridine rings is 1. The van der Waals surface area contributed by atoms with Crippen LogP contribution < -0.4 is 4.74 Å². The van der Waals surface area contributed by atoms with Crippen LogP contribution in [0.1, 0.15) is 37.6 Å². The molecule has 0 bridgehead atoms. The number of hydrogen-bond donors (Lipinski definition) is 1. The van der Waals surface area contributed by atoms with Crippen molar-refractivity contribution in [3.8, 4) is 17.0 Å². The molecule has 2 atom stereocenters. The minimum Gasteiger partial charge on any atom is -0.461 e. The highest BCUT2D eigenvalue weighted by molar-refractivity contribution is 7.92. The molecule has 0 spiro atoms. The van der Waals surface area contributed by atoms with E-state index >= 15 is 0 Å². The van der Waals surface area contributed by atoms with Crippen LogP contribution in [0.4, 0.5) is 4.39 Å². The number of benzene rings is 1. The van der Waals surface area contributed by atoms with Crippen LogP contribution in [0.2, 0.25) is 0 Å². The second-order valence-electron chi connectivity index (χ2n) is 9.10. The van der Waals surface area contributed by atoms with Gasteiger partial charge in [0.25, 0.3) is 0 Å². The lowest BCUT2D eigenvalue weighted by Crippen LogP contribution is -2.47. The van der Waals surface area contributed by atoms with Gasteiger partial charge in [0.1, 0.15) is 17.0 Å². The molecule has 0 amide bonds. The lowest BCUT2D eigenvalue weighted by molar-refractivity contribution is 0.0860. The number of aliphatic hydroxyl groups excluding tert-OH is 1. The second-order valence-corrected chi connectivity index (χ2v) is 11.2. The summed E-state index contributed by atoms with van der Waals surface area (Å²) in [4.78, 5) is 17.4. The van der Waals surface area contributed by atoms with Crippen molar-refractivity contribution in [2.45, 2.75) is 46.2 Å². The summed E-state index contributed by atoms with van der Waals surface area (Å²) in [6.45, 7) is 4.90. The molecule has 3 aromatic rings. The molecule has 3 heterocycles. The first-order chi connectivity index (χ1) is 15.4. The molecule has 0 aliphatic carbocycles. The van der Waals surface area contributed by atoms with Gasteiger partial charge in [-0.25, -0.2) is 12.8 Å². The fourth-order valence-electron chi connectivity index (χ4n) is 4.31. The van der Waals surface area contributed by atoms with Gasteiger partial charge < -0.3 is 9.84 Å². The van der Waals surface area contributed by atoms with E-state index in [-0.39, 0.29) is 30.3 Å². The topological polar surface area (TPSA) is 111 Å². The highest BCUT2D eigenvalue weighted by Gasteiger charge is 2.45. The third-order valence-corrected chi connectivity index (χ3v) is 7.75. The molecule has 0 saturated carbocycles. The summed E-state index contributed by atoms with van der Waals surface area (Å²) in [5.41, 5.74) is 2.04. The van der Waals surface area contributed by atoms with Crippen LogP contribution in [0.3, 0.4) is 0 Å². The van der Waals surface area contributed by atoms with Crippen molar-refractivity contribution >= 4 is 26.7 Å². The quantitative estimate of drug-likeness (QED) is 0.498. The van der Waals surface area contributed by atoms with E-state index in [0.717, 1.165) is 0 Å². The average molecular weight is 476 g/mol. The zero-order valence-corrected chi connectivity index (χ0v) is 19.5. The smallest absolute Gasteiger partial charge is 0.235 e. The standard InChI is InChI=1S/C23H26FN3O5S/c1-14(28)11-27-19-8-17(20(29)9-23(3)12-33(30,31)13-23)10-25-22(19)21(26-27)16-5-4-6-18(7-16)32-15(2)24/h4-8,10,14-15,28H,9,11-13H2,1-3H3/t14-,15?/m1/s1. The number of halogens is 1. The Balaban J connectivity index is 1.71. The number of ether oxygens (including phenoxy) is 1. The minimum atomic E-state index is -3.05. The molecule has 1 aliphatic heterocycles. The summed E-state index contributed by atoms with van der Waals surface area (Å²) in [7, 11) is -3.05. The summed E-state index contributed by atoms with van der Waals surface area (Å²) < 4.78 is 43.2. The van der Waals surface area contributed by atoms with Crippen LogP contribution in [0.15, 0.2) is 36.5 Å². The van der Waals surface area contributed by atoms with Gasteiger partial charge in [0.15, 0.2) is 15.6 Å². The normalized spacial score (nSPS) is 18.5. The molecular formula is C23H26FN3O5S. The third kappa shape index (κ3) is 5.06. The van der Waals surface area contributed by atoms with Gasteiger partial charge in [0, 0.05) is 36.1 Å². The van der Waals surface area contributed by atoms with E-state index in [9.17, 15) is 22.7 Å². The predicted octanol–water partition coefficient (Wildman–Crippen LogP) is 3.18. The number of carbonyl (C=O) groups excluding carboxylic acids is 1. The van der Waals surface area contributed by atoms with E-state index in [2.05, 4.69) is 10.1 Å². The summed E-state index contributed by atoms with van der Waals surface area (Å²) in [6.07, 6.45) is -0.591. The Morgan fingerprint density at radius 3 is 2.67 bits per heavy atom. The number of fused-ring (bicyclic) bond motifs is 1. The van der Waals surface area contributed by atoms with Gasteiger partial charge in [-0.15, -0.1) is 0 Å².